The zero-order valence-electron chi connectivity index (χ0n) is 9.36. The summed E-state index contributed by atoms with van der Waals surface area (Å²) in [6.07, 6.45) is 1.82. The predicted molar refractivity (Wildman–Crippen MR) is 66.8 cm³/mol. The normalized spacial score (nSPS) is 10.4. The molecule has 3 nitrogen and oxygen atoms in total. The Morgan fingerprint density at radius 3 is 2.81 bits per heavy atom. The number of nitrogens with zero attached hydrogens (tertiary/aromatic N) is 1. The van der Waals surface area contributed by atoms with E-state index in [2.05, 4.69) is 4.98 Å². The highest BCUT2D eigenvalue weighted by Crippen LogP contribution is 2.25. The maximum atomic E-state index is 5.85. The minimum atomic E-state index is 0.550. The van der Waals surface area contributed by atoms with Crippen molar-refractivity contribution < 1.29 is 4.74 Å². The number of aromatic nitrogens is 1. The predicted octanol–water partition coefficient (Wildman–Crippen LogP) is 2.92. The van der Waals surface area contributed by atoms with Crippen molar-refractivity contribution >= 4 is 17.0 Å². The van der Waals surface area contributed by atoms with Gasteiger partial charge in [-0.2, -0.15) is 0 Å². The molecule has 0 aliphatic carbocycles. The monoisotopic (exact) mass is 234 g/mol. The highest BCUT2D eigenvalue weighted by atomic mass is 32.1. The van der Waals surface area contributed by atoms with E-state index in [1.54, 1.807) is 16.8 Å². The molecule has 4 heteroatoms. The van der Waals surface area contributed by atoms with Crippen LogP contribution in [0.1, 0.15) is 16.0 Å². The van der Waals surface area contributed by atoms with Crippen molar-refractivity contribution in [2.45, 2.75) is 20.5 Å². The average Bonchev–Trinajstić information content (AvgIpc) is 2.74. The molecular weight excluding hydrogens is 220 g/mol. The summed E-state index contributed by atoms with van der Waals surface area (Å²) >= 11 is 1.59. The molecule has 1 aromatic heterocycles. The van der Waals surface area contributed by atoms with Crippen LogP contribution in [0.2, 0.25) is 0 Å². The molecule has 0 spiro atoms. The number of ether oxygens (including phenoxy) is 1. The summed E-state index contributed by atoms with van der Waals surface area (Å²) in [7, 11) is 0. The Kier molecular flexibility index (Phi) is 3.10. The highest BCUT2D eigenvalue weighted by Gasteiger charge is 2.04. The molecule has 0 amide bonds. The van der Waals surface area contributed by atoms with Crippen molar-refractivity contribution in [3.63, 3.8) is 0 Å². The lowest BCUT2D eigenvalue weighted by Crippen LogP contribution is -1.98. The lowest BCUT2D eigenvalue weighted by Gasteiger charge is -2.10. The summed E-state index contributed by atoms with van der Waals surface area (Å²) in [5.74, 6) is 0.844. The van der Waals surface area contributed by atoms with Crippen LogP contribution in [0.4, 0.5) is 5.69 Å². The Bertz CT molecular complexity index is 480. The molecule has 2 N–H and O–H groups in total. The van der Waals surface area contributed by atoms with Crippen molar-refractivity contribution in [1.29, 1.82) is 0 Å². The molecule has 0 radical (unpaired) electrons. The van der Waals surface area contributed by atoms with Crippen molar-refractivity contribution in [3.05, 3.63) is 39.8 Å². The molecule has 1 aromatic carbocycles. The fourth-order valence-electron chi connectivity index (χ4n) is 1.47. The number of rotatable bonds is 3. The molecule has 0 aliphatic heterocycles. The van der Waals surface area contributed by atoms with Gasteiger partial charge in [0.25, 0.3) is 0 Å². The Morgan fingerprint density at radius 1 is 1.31 bits per heavy atom. The highest BCUT2D eigenvalue weighted by molar-refractivity contribution is 7.09. The van der Waals surface area contributed by atoms with Crippen LogP contribution in [0.5, 0.6) is 5.75 Å². The molecule has 84 valence electrons. The van der Waals surface area contributed by atoms with Crippen LogP contribution in [0.3, 0.4) is 0 Å². The molecule has 0 aliphatic rings. The van der Waals surface area contributed by atoms with Crippen molar-refractivity contribution in [2.75, 3.05) is 5.73 Å². The number of hydrogen-bond acceptors (Lipinski definition) is 4. The number of nitrogens with two attached hydrogens (primary N) is 1. The summed E-state index contributed by atoms with van der Waals surface area (Å²) in [6, 6.07) is 3.92. The third kappa shape index (κ3) is 2.33. The van der Waals surface area contributed by atoms with Gasteiger partial charge in [-0.25, -0.2) is 0 Å². The molecule has 0 fully saturated rings. The first-order chi connectivity index (χ1) is 7.66. The summed E-state index contributed by atoms with van der Waals surface area (Å²) < 4.78 is 5.71. The van der Waals surface area contributed by atoms with Crippen LogP contribution in [0.15, 0.2) is 23.8 Å². The fourth-order valence-corrected chi connectivity index (χ4v) is 1.97. The van der Waals surface area contributed by atoms with Gasteiger partial charge in [-0.15, -0.1) is 11.3 Å². The first kappa shape index (κ1) is 11.0. The van der Waals surface area contributed by atoms with Crippen LogP contribution in [0.25, 0.3) is 0 Å². The Balaban J connectivity index is 2.12. The van der Waals surface area contributed by atoms with Gasteiger partial charge in [-0.05, 0) is 25.0 Å². The van der Waals surface area contributed by atoms with E-state index in [0.717, 1.165) is 27.4 Å². The molecule has 0 atom stereocenters. The Morgan fingerprint density at radius 2 is 2.12 bits per heavy atom. The van der Waals surface area contributed by atoms with E-state index < -0.39 is 0 Å². The van der Waals surface area contributed by atoms with Crippen LogP contribution in [-0.4, -0.2) is 4.98 Å². The lowest BCUT2D eigenvalue weighted by molar-refractivity contribution is 0.307. The first-order valence-corrected chi connectivity index (χ1v) is 5.91. The summed E-state index contributed by atoms with van der Waals surface area (Å²) in [5.41, 5.74) is 10.6. The van der Waals surface area contributed by atoms with Gasteiger partial charge < -0.3 is 10.5 Å². The summed E-state index contributed by atoms with van der Waals surface area (Å²) in [5, 5.41) is 0. The van der Waals surface area contributed by atoms with E-state index in [1.807, 2.05) is 32.2 Å². The zero-order chi connectivity index (χ0) is 11.5. The lowest BCUT2D eigenvalue weighted by atomic mass is 10.1. The first-order valence-electron chi connectivity index (χ1n) is 5.03. The van der Waals surface area contributed by atoms with Crippen molar-refractivity contribution in [2.24, 2.45) is 0 Å². The fraction of sp³-hybridized carbons (Fsp3) is 0.250. The van der Waals surface area contributed by atoms with Crippen LogP contribution >= 0.6 is 11.3 Å². The zero-order valence-corrected chi connectivity index (χ0v) is 10.2. The standard InChI is InChI=1S/C12H14N2OS/c1-8-3-9(2)12(4-11(8)13)15-6-10-5-14-7-16-10/h3-5,7H,6,13H2,1-2H3. The SMILES string of the molecule is Cc1cc(C)c(OCc2cncs2)cc1N. The number of thiazole rings is 1. The molecule has 0 saturated heterocycles. The van der Waals surface area contributed by atoms with Gasteiger partial charge in [0.2, 0.25) is 0 Å². The number of hydrogen-bond donors (Lipinski definition) is 1. The van der Waals surface area contributed by atoms with Gasteiger partial charge in [0.1, 0.15) is 12.4 Å². The minimum absolute atomic E-state index is 0.550. The smallest absolute Gasteiger partial charge is 0.124 e. The third-order valence-electron chi connectivity index (χ3n) is 2.42. The minimum Gasteiger partial charge on any atom is -0.488 e. The number of nitrogen functional groups attached to an aromatic ring is 1. The summed E-state index contributed by atoms with van der Waals surface area (Å²) in [6.45, 7) is 4.57. The van der Waals surface area contributed by atoms with Crippen LogP contribution < -0.4 is 10.5 Å². The topological polar surface area (TPSA) is 48.1 Å². The Labute approximate surface area is 98.9 Å². The molecule has 16 heavy (non-hydrogen) atoms. The largest absolute Gasteiger partial charge is 0.488 e. The molecule has 0 saturated carbocycles. The Hall–Kier alpha value is -1.55. The van der Waals surface area contributed by atoms with Gasteiger partial charge in [-0.3, -0.25) is 4.98 Å². The molecule has 2 aromatic rings. The second-order valence-electron chi connectivity index (χ2n) is 3.73. The third-order valence-corrected chi connectivity index (χ3v) is 3.17. The van der Waals surface area contributed by atoms with Gasteiger partial charge in [0.05, 0.1) is 10.4 Å². The molecule has 0 unspecified atom stereocenters. The van der Waals surface area contributed by atoms with Crippen LogP contribution in [0, 0.1) is 13.8 Å². The van der Waals surface area contributed by atoms with E-state index in [1.165, 1.54) is 0 Å². The van der Waals surface area contributed by atoms with E-state index in [0.29, 0.717) is 6.61 Å². The average molecular weight is 234 g/mol. The second-order valence-corrected chi connectivity index (χ2v) is 4.70. The molecular formula is C12H14N2OS. The van der Waals surface area contributed by atoms with E-state index >= 15 is 0 Å². The van der Waals surface area contributed by atoms with E-state index in [9.17, 15) is 0 Å². The van der Waals surface area contributed by atoms with Crippen molar-refractivity contribution in [1.82, 2.24) is 4.98 Å². The number of anilines is 1. The number of benzene rings is 1. The molecule has 0 bridgehead atoms. The van der Waals surface area contributed by atoms with Gasteiger partial charge >= 0.3 is 0 Å². The number of aryl methyl sites for hydroxylation is 2. The van der Waals surface area contributed by atoms with Gasteiger partial charge in [-0.1, -0.05) is 6.07 Å². The van der Waals surface area contributed by atoms with Crippen LogP contribution in [-0.2, 0) is 6.61 Å². The van der Waals surface area contributed by atoms with E-state index in [-0.39, 0.29) is 0 Å². The van der Waals surface area contributed by atoms with E-state index in [4.69, 9.17) is 10.5 Å². The second kappa shape index (κ2) is 4.53. The maximum absolute atomic E-state index is 5.85. The molecule has 2 rings (SSSR count). The van der Waals surface area contributed by atoms with Gasteiger partial charge in [0.15, 0.2) is 0 Å². The van der Waals surface area contributed by atoms with Crippen molar-refractivity contribution in [3.8, 4) is 5.75 Å². The molecule has 1 heterocycles. The maximum Gasteiger partial charge on any atom is 0.124 e. The van der Waals surface area contributed by atoms with Gasteiger partial charge in [0, 0.05) is 18.0 Å². The quantitative estimate of drug-likeness (QED) is 0.831. The summed E-state index contributed by atoms with van der Waals surface area (Å²) in [4.78, 5) is 5.11.